The standard InChI is InChI=1S/C24H26N6O2S/c1-16-7-9-20(10-8-16)30-23(29-11-13-31-14-12-29)27-28-24(30)33-18(3)21-25-26-22(32-21)19-6-4-5-17(2)15-19/h4-10,15,18H,11-14H2,1-3H3. The van der Waals surface area contributed by atoms with E-state index in [0.717, 1.165) is 41.0 Å². The van der Waals surface area contributed by atoms with Crippen LogP contribution < -0.4 is 4.90 Å². The molecule has 0 bridgehead atoms. The molecule has 1 fully saturated rings. The molecule has 4 aromatic rings. The summed E-state index contributed by atoms with van der Waals surface area (Å²) in [6.07, 6.45) is 0. The predicted molar refractivity (Wildman–Crippen MR) is 128 cm³/mol. The molecule has 1 aliphatic heterocycles. The van der Waals surface area contributed by atoms with Gasteiger partial charge in [0.25, 0.3) is 0 Å². The molecule has 33 heavy (non-hydrogen) atoms. The van der Waals surface area contributed by atoms with E-state index in [1.807, 2.05) is 38.1 Å². The zero-order valence-electron chi connectivity index (χ0n) is 18.9. The summed E-state index contributed by atoms with van der Waals surface area (Å²) in [5.74, 6) is 1.90. The maximum Gasteiger partial charge on any atom is 0.247 e. The third-order valence-corrected chi connectivity index (χ3v) is 6.57. The first kappa shape index (κ1) is 21.7. The second-order valence-electron chi connectivity index (χ2n) is 8.13. The van der Waals surface area contributed by atoms with Crippen molar-refractivity contribution in [1.29, 1.82) is 0 Å². The average Bonchev–Trinajstić information content (AvgIpc) is 3.48. The molecular formula is C24H26N6O2S. The van der Waals surface area contributed by atoms with Crippen molar-refractivity contribution in [1.82, 2.24) is 25.0 Å². The number of rotatable bonds is 6. The Labute approximate surface area is 197 Å². The van der Waals surface area contributed by atoms with Crippen LogP contribution in [0.25, 0.3) is 17.1 Å². The second-order valence-corrected chi connectivity index (χ2v) is 9.44. The van der Waals surface area contributed by atoms with Crippen LogP contribution in [0.1, 0.15) is 29.2 Å². The summed E-state index contributed by atoms with van der Waals surface area (Å²) in [6, 6.07) is 16.4. The molecule has 8 nitrogen and oxygen atoms in total. The number of thioether (sulfide) groups is 1. The first-order chi connectivity index (χ1) is 16.1. The maximum atomic E-state index is 6.02. The molecule has 0 radical (unpaired) electrons. The number of aromatic nitrogens is 5. The van der Waals surface area contributed by atoms with E-state index in [-0.39, 0.29) is 5.25 Å². The Bertz CT molecular complexity index is 1230. The van der Waals surface area contributed by atoms with E-state index in [4.69, 9.17) is 9.15 Å². The molecule has 1 unspecified atom stereocenters. The topological polar surface area (TPSA) is 82.1 Å². The van der Waals surface area contributed by atoms with Crippen LogP contribution in [0.3, 0.4) is 0 Å². The predicted octanol–water partition coefficient (Wildman–Crippen LogP) is 4.62. The first-order valence-corrected chi connectivity index (χ1v) is 11.9. The van der Waals surface area contributed by atoms with Crippen molar-refractivity contribution in [3.63, 3.8) is 0 Å². The van der Waals surface area contributed by atoms with Gasteiger partial charge in [-0.3, -0.25) is 4.57 Å². The number of hydrogen-bond donors (Lipinski definition) is 0. The lowest BCUT2D eigenvalue weighted by Gasteiger charge is -2.28. The molecule has 1 atom stereocenters. The zero-order chi connectivity index (χ0) is 22.8. The van der Waals surface area contributed by atoms with E-state index >= 15 is 0 Å². The summed E-state index contributed by atoms with van der Waals surface area (Å²) >= 11 is 1.55. The van der Waals surface area contributed by atoms with Crippen LogP contribution in [-0.4, -0.2) is 51.3 Å². The quantitative estimate of drug-likeness (QED) is 0.384. The highest BCUT2D eigenvalue weighted by molar-refractivity contribution is 7.99. The van der Waals surface area contributed by atoms with Gasteiger partial charge in [-0.2, -0.15) is 0 Å². The lowest BCUT2D eigenvalue weighted by atomic mass is 10.1. The smallest absolute Gasteiger partial charge is 0.247 e. The number of morpholine rings is 1. The Morgan fingerprint density at radius 1 is 0.909 bits per heavy atom. The van der Waals surface area contributed by atoms with Crippen LogP contribution in [0.4, 0.5) is 5.95 Å². The van der Waals surface area contributed by atoms with Crippen molar-refractivity contribution < 1.29 is 9.15 Å². The van der Waals surface area contributed by atoms with E-state index < -0.39 is 0 Å². The van der Waals surface area contributed by atoms with E-state index in [1.54, 1.807) is 11.8 Å². The van der Waals surface area contributed by atoms with Gasteiger partial charge in [-0.1, -0.05) is 47.2 Å². The van der Waals surface area contributed by atoms with Crippen LogP contribution in [0.15, 0.2) is 58.1 Å². The van der Waals surface area contributed by atoms with Gasteiger partial charge in [-0.25, -0.2) is 0 Å². The zero-order valence-corrected chi connectivity index (χ0v) is 19.7. The van der Waals surface area contributed by atoms with Crippen molar-refractivity contribution in [2.45, 2.75) is 31.2 Å². The van der Waals surface area contributed by atoms with Crippen molar-refractivity contribution in [2.24, 2.45) is 0 Å². The molecule has 3 heterocycles. The van der Waals surface area contributed by atoms with E-state index in [1.165, 1.54) is 5.56 Å². The normalized spacial score (nSPS) is 15.1. The van der Waals surface area contributed by atoms with Gasteiger partial charge in [-0.05, 0) is 45.0 Å². The number of nitrogens with zero attached hydrogens (tertiary/aromatic N) is 6. The number of ether oxygens (including phenoxy) is 1. The van der Waals surface area contributed by atoms with Crippen molar-refractivity contribution >= 4 is 17.7 Å². The minimum Gasteiger partial charge on any atom is -0.419 e. The van der Waals surface area contributed by atoms with Crippen molar-refractivity contribution in [2.75, 3.05) is 31.2 Å². The third kappa shape index (κ3) is 4.65. The van der Waals surface area contributed by atoms with Crippen LogP contribution in [0, 0.1) is 13.8 Å². The Morgan fingerprint density at radius 3 is 2.45 bits per heavy atom. The largest absolute Gasteiger partial charge is 0.419 e. The number of anilines is 1. The molecule has 0 N–H and O–H groups in total. The third-order valence-electron chi connectivity index (χ3n) is 5.54. The van der Waals surface area contributed by atoms with Gasteiger partial charge in [0, 0.05) is 18.7 Å². The van der Waals surface area contributed by atoms with E-state index in [9.17, 15) is 0 Å². The number of benzene rings is 2. The molecule has 0 saturated carbocycles. The summed E-state index contributed by atoms with van der Waals surface area (Å²) in [5, 5.41) is 18.3. The molecule has 170 valence electrons. The fourth-order valence-corrected chi connectivity index (χ4v) is 4.62. The van der Waals surface area contributed by atoms with Gasteiger partial charge >= 0.3 is 0 Å². The molecule has 0 amide bonds. The molecule has 1 aliphatic rings. The summed E-state index contributed by atoms with van der Waals surface area (Å²) in [7, 11) is 0. The summed E-state index contributed by atoms with van der Waals surface area (Å²) in [4.78, 5) is 2.22. The fraction of sp³-hybridized carbons (Fsp3) is 0.333. The fourth-order valence-electron chi connectivity index (χ4n) is 3.73. The Morgan fingerprint density at radius 2 is 1.70 bits per heavy atom. The van der Waals surface area contributed by atoms with Crippen molar-refractivity contribution in [3.05, 3.63) is 65.5 Å². The molecule has 9 heteroatoms. The van der Waals surface area contributed by atoms with Crippen LogP contribution >= 0.6 is 11.8 Å². The van der Waals surface area contributed by atoms with Gasteiger partial charge in [-0.15, -0.1) is 20.4 Å². The van der Waals surface area contributed by atoms with Gasteiger partial charge in [0.2, 0.25) is 17.7 Å². The van der Waals surface area contributed by atoms with Gasteiger partial charge in [0.1, 0.15) is 0 Å². The van der Waals surface area contributed by atoms with Crippen LogP contribution in [0.5, 0.6) is 0 Å². The molecule has 5 rings (SSSR count). The summed E-state index contributed by atoms with van der Waals surface area (Å²) in [5.41, 5.74) is 4.30. The average molecular weight is 463 g/mol. The highest BCUT2D eigenvalue weighted by Crippen LogP contribution is 2.37. The minimum absolute atomic E-state index is 0.0954. The highest BCUT2D eigenvalue weighted by Gasteiger charge is 2.25. The first-order valence-electron chi connectivity index (χ1n) is 11.0. The van der Waals surface area contributed by atoms with E-state index in [2.05, 4.69) is 61.1 Å². The Kier molecular flexibility index (Phi) is 6.15. The number of aryl methyl sites for hydroxylation is 2. The van der Waals surface area contributed by atoms with Gasteiger partial charge in [0.15, 0.2) is 5.16 Å². The summed E-state index contributed by atoms with van der Waals surface area (Å²) < 4.78 is 13.6. The molecular weight excluding hydrogens is 436 g/mol. The molecule has 2 aromatic heterocycles. The number of hydrogen-bond acceptors (Lipinski definition) is 8. The minimum atomic E-state index is -0.0954. The second kappa shape index (κ2) is 9.36. The summed E-state index contributed by atoms with van der Waals surface area (Å²) in [6.45, 7) is 9.11. The van der Waals surface area contributed by atoms with E-state index in [0.29, 0.717) is 25.0 Å². The lowest BCUT2D eigenvalue weighted by molar-refractivity contribution is 0.122. The maximum absolute atomic E-state index is 6.02. The lowest BCUT2D eigenvalue weighted by Crippen LogP contribution is -2.37. The van der Waals surface area contributed by atoms with Crippen LogP contribution in [0.2, 0.25) is 0 Å². The molecule has 2 aromatic carbocycles. The Hall–Kier alpha value is -3.17. The van der Waals surface area contributed by atoms with Crippen molar-refractivity contribution in [3.8, 4) is 17.1 Å². The monoisotopic (exact) mass is 462 g/mol. The Balaban J connectivity index is 1.44. The SMILES string of the molecule is Cc1ccc(-n2c(SC(C)c3nnc(-c4cccc(C)c4)o3)nnc2N2CCOCC2)cc1. The molecule has 0 aliphatic carbocycles. The highest BCUT2D eigenvalue weighted by atomic mass is 32.2. The molecule has 0 spiro atoms. The van der Waals surface area contributed by atoms with Crippen LogP contribution in [-0.2, 0) is 4.74 Å². The molecule has 1 saturated heterocycles. The van der Waals surface area contributed by atoms with Gasteiger partial charge < -0.3 is 14.1 Å². The van der Waals surface area contributed by atoms with Gasteiger partial charge in [0.05, 0.1) is 24.2 Å².